The molecule has 0 aromatic heterocycles. The molecule has 0 amide bonds. The molecule has 0 unspecified atom stereocenters. The molecule has 6 heteroatoms. The Balaban J connectivity index is 1.76. The van der Waals surface area contributed by atoms with Crippen LogP contribution < -0.4 is 14.8 Å². The molecule has 0 saturated carbocycles. The third-order valence-electron chi connectivity index (χ3n) is 3.35. The van der Waals surface area contributed by atoms with Crippen molar-refractivity contribution < 1.29 is 22.6 Å². The number of hydrogen-bond donors (Lipinski definition) is 1. The maximum Gasteiger partial charge on any atom is 0.416 e. The van der Waals surface area contributed by atoms with Gasteiger partial charge in [0.25, 0.3) is 0 Å². The van der Waals surface area contributed by atoms with E-state index in [1.165, 1.54) is 12.1 Å². The first kappa shape index (κ1) is 14.6. The SMILES string of the molecule is FC(F)(F)c1ccccc1CNc1ccc2c(c1)OCCO2. The second-order valence-corrected chi connectivity index (χ2v) is 4.87. The fourth-order valence-electron chi connectivity index (χ4n) is 2.30. The molecule has 0 bridgehead atoms. The lowest BCUT2D eigenvalue weighted by molar-refractivity contribution is -0.138. The van der Waals surface area contributed by atoms with Crippen LogP contribution in [0.25, 0.3) is 0 Å². The first-order valence-electron chi connectivity index (χ1n) is 6.83. The molecule has 1 heterocycles. The molecule has 3 rings (SSSR count). The number of alkyl halides is 3. The van der Waals surface area contributed by atoms with E-state index in [1.54, 1.807) is 24.3 Å². The summed E-state index contributed by atoms with van der Waals surface area (Å²) in [6.45, 7) is 1.04. The lowest BCUT2D eigenvalue weighted by Gasteiger charge is -2.19. The van der Waals surface area contributed by atoms with E-state index in [0.29, 0.717) is 30.4 Å². The van der Waals surface area contributed by atoms with Crippen molar-refractivity contribution in [2.45, 2.75) is 12.7 Å². The number of halogens is 3. The number of benzene rings is 2. The van der Waals surface area contributed by atoms with Gasteiger partial charge in [-0.1, -0.05) is 18.2 Å². The summed E-state index contributed by atoms with van der Waals surface area (Å²) in [6, 6.07) is 10.8. The summed E-state index contributed by atoms with van der Waals surface area (Å²) in [4.78, 5) is 0. The highest BCUT2D eigenvalue weighted by Crippen LogP contribution is 2.34. The minimum atomic E-state index is -4.36. The fourth-order valence-corrected chi connectivity index (χ4v) is 2.30. The molecule has 0 spiro atoms. The maximum absolute atomic E-state index is 12.9. The van der Waals surface area contributed by atoms with Crippen LogP contribution in [0, 0.1) is 0 Å². The quantitative estimate of drug-likeness (QED) is 0.926. The van der Waals surface area contributed by atoms with Crippen molar-refractivity contribution in [1.29, 1.82) is 0 Å². The Hall–Kier alpha value is -2.37. The van der Waals surface area contributed by atoms with Gasteiger partial charge in [-0.2, -0.15) is 13.2 Å². The topological polar surface area (TPSA) is 30.5 Å². The summed E-state index contributed by atoms with van der Waals surface area (Å²) in [5.74, 6) is 1.24. The van der Waals surface area contributed by atoms with E-state index in [9.17, 15) is 13.2 Å². The number of nitrogens with one attached hydrogen (secondary N) is 1. The lowest BCUT2D eigenvalue weighted by Crippen LogP contribution is -2.15. The van der Waals surface area contributed by atoms with Crippen LogP contribution in [-0.2, 0) is 12.7 Å². The van der Waals surface area contributed by atoms with Crippen LogP contribution in [0.2, 0.25) is 0 Å². The third kappa shape index (κ3) is 3.10. The maximum atomic E-state index is 12.9. The monoisotopic (exact) mass is 309 g/mol. The molecule has 0 aliphatic carbocycles. The van der Waals surface area contributed by atoms with Gasteiger partial charge in [-0.25, -0.2) is 0 Å². The lowest BCUT2D eigenvalue weighted by atomic mass is 10.1. The molecule has 0 saturated heterocycles. The van der Waals surface area contributed by atoms with E-state index in [4.69, 9.17) is 9.47 Å². The average Bonchev–Trinajstić information content (AvgIpc) is 2.52. The number of ether oxygens (including phenoxy) is 2. The van der Waals surface area contributed by atoms with Gasteiger partial charge in [-0.05, 0) is 23.8 Å². The zero-order valence-corrected chi connectivity index (χ0v) is 11.6. The molecular weight excluding hydrogens is 295 g/mol. The Labute approximate surface area is 125 Å². The standard InChI is InChI=1S/C16H14F3NO2/c17-16(18,19)13-4-2-1-3-11(13)10-20-12-5-6-14-15(9-12)22-8-7-21-14/h1-6,9,20H,7-8,10H2. The summed E-state index contributed by atoms with van der Waals surface area (Å²) in [5, 5.41) is 2.99. The summed E-state index contributed by atoms with van der Waals surface area (Å²) >= 11 is 0. The van der Waals surface area contributed by atoms with E-state index >= 15 is 0 Å². The van der Waals surface area contributed by atoms with Gasteiger partial charge in [0.2, 0.25) is 0 Å². The van der Waals surface area contributed by atoms with Gasteiger partial charge in [0.05, 0.1) is 5.56 Å². The molecule has 0 atom stereocenters. The molecular formula is C16H14F3NO2. The van der Waals surface area contributed by atoms with Crippen LogP contribution in [0.4, 0.5) is 18.9 Å². The smallest absolute Gasteiger partial charge is 0.416 e. The highest BCUT2D eigenvalue weighted by Gasteiger charge is 2.32. The summed E-state index contributed by atoms with van der Waals surface area (Å²) in [5.41, 5.74) is 0.256. The highest BCUT2D eigenvalue weighted by molar-refractivity contribution is 5.55. The van der Waals surface area contributed by atoms with Crippen molar-refractivity contribution in [3.05, 3.63) is 53.6 Å². The minimum Gasteiger partial charge on any atom is -0.486 e. The number of rotatable bonds is 3. The highest BCUT2D eigenvalue weighted by atomic mass is 19.4. The minimum absolute atomic E-state index is 0.0787. The second kappa shape index (κ2) is 5.79. The van der Waals surface area contributed by atoms with Crippen LogP contribution >= 0.6 is 0 Å². The van der Waals surface area contributed by atoms with Crippen molar-refractivity contribution in [1.82, 2.24) is 0 Å². The second-order valence-electron chi connectivity index (χ2n) is 4.87. The fraction of sp³-hybridized carbons (Fsp3) is 0.250. The average molecular weight is 309 g/mol. The van der Waals surface area contributed by atoms with Gasteiger partial charge < -0.3 is 14.8 Å². The van der Waals surface area contributed by atoms with E-state index in [-0.39, 0.29) is 12.1 Å². The third-order valence-corrected chi connectivity index (χ3v) is 3.35. The van der Waals surface area contributed by atoms with Crippen LogP contribution in [0.5, 0.6) is 11.5 Å². The predicted octanol–water partition coefficient (Wildman–Crippen LogP) is 4.09. The number of hydrogen-bond acceptors (Lipinski definition) is 3. The molecule has 116 valence electrons. The molecule has 0 radical (unpaired) electrons. The van der Waals surface area contributed by atoms with Crippen molar-refractivity contribution in [2.24, 2.45) is 0 Å². The number of anilines is 1. The van der Waals surface area contributed by atoms with Crippen LogP contribution in [0.1, 0.15) is 11.1 Å². The predicted molar refractivity (Wildman–Crippen MR) is 76.2 cm³/mol. The van der Waals surface area contributed by atoms with Crippen molar-refractivity contribution in [3.8, 4) is 11.5 Å². The largest absolute Gasteiger partial charge is 0.486 e. The molecule has 0 fully saturated rings. The Kier molecular flexibility index (Phi) is 3.83. The molecule has 2 aromatic carbocycles. The zero-order chi connectivity index (χ0) is 15.6. The van der Waals surface area contributed by atoms with Crippen LogP contribution in [-0.4, -0.2) is 13.2 Å². The molecule has 1 N–H and O–H groups in total. The summed E-state index contributed by atoms with van der Waals surface area (Å²) in [7, 11) is 0. The van der Waals surface area contributed by atoms with Gasteiger partial charge in [0, 0.05) is 18.3 Å². The molecule has 2 aromatic rings. The van der Waals surface area contributed by atoms with Crippen molar-refractivity contribution in [3.63, 3.8) is 0 Å². The molecule has 1 aliphatic rings. The molecule has 22 heavy (non-hydrogen) atoms. The Bertz CT molecular complexity index is 671. The van der Waals surface area contributed by atoms with Gasteiger partial charge in [0.15, 0.2) is 11.5 Å². The van der Waals surface area contributed by atoms with E-state index < -0.39 is 11.7 Å². The molecule has 1 aliphatic heterocycles. The van der Waals surface area contributed by atoms with E-state index in [2.05, 4.69) is 5.32 Å². The van der Waals surface area contributed by atoms with Crippen molar-refractivity contribution in [2.75, 3.05) is 18.5 Å². The van der Waals surface area contributed by atoms with Crippen LogP contribution in [0.3, 0.4) is 0 Å². The van der Waals surface area contributed by atoms with Gasteiger partial charge in [0.1, 0.15) is 13.2 Å². The van der Waals surface area contributed by atoms with Gasteiger partial charge >= 0.3 is 6.18 Å². The summed E-state index contributed by atoms with van der Waals surface area (Å²) in [6.07, 6.45) is -4.36. The normalized spacial score (nSPS) is 13.8. The zero-order valence-electron chi connectivity index (χ0n) is 11.6. The van der Waals surface area contributed by atoms with Gasteiger partial charge in [-0.15, -0.1) is 0 Å². The van der Waals surface area contributed by atoms with Crippen LogP contribution in [0.15, 0.2) is 42.5 Å². The first-order chi connectivity index (χ1) is 10.5. The molecule has 3 nitrogen and oxygen atoms in total. The number of fused-ring (bicyclic) bond motifs is 1. The first-order valence-corrected chi connectivity index (χ1v) is 6.83. The van der Waals surface area contributed by atoms with Gasteiger partial charge in [-0.3, -0.25) is 0 Å². The Morgan fingerprint density at radius 3 is 2.45 bits per heavy atom. The van der Waals surface area contributed by atoms with E-state index in [0.717, 1.165) is 6.07 Å². The Morgan fingerprint density at radius 1 is 0.955 bits per heavy atom. The van der Waals surface area contributed by atoms with Crippen molar-refractivity contribution >= 4 is 5.69 Å². The Morgan fingerprint density at radius 2 is 1.68 bits per heavy atom. The summed E-state index contributed by atoms with van der Waals surface area (Å²) < 4.78 is 49.7. The van der Waals surface area contributed by atoms with E-state index in [1.807, 2.05) is 0 Å².